The Kier molecular flexibility index (Phi) is 16.3. The molecule has 0 aromatic heterocycles. The lowest BCUT2D eigenvalue weighted by atomic mass is 10.0. The molecule has 0 amide bonds. The van der Waals surface area contributed by atoms with Gasteiger partial charge in [-0.15, -0.1) is 0 Å². The van der Waals surface area contributed by atoms with Crippen molar-refractivity contribution in [3.8, 4) is 0 Å². The molecule has 0 aromatic rings. The highest BCUT2D eigenvalue weighted by molar-refractivity contribution is 5.68. The van der Waals surface area contributed by atoms with Crippen molar-refractivity contribution < 1.29 is 13.9 Å². The summed E-state index contributed by atoms with van der Waals surface area (Å²) in [5, 5.41) is 0. The Labute approximate surface area is 137 Å². The summed E-state index contributed by atoms with van der Waals surface area (Å²) >= 11 is 0. The van der Waals surface area contributed by atoms with Gasteiger partial charge in [-0.25, -0.2) is 4.39 Å². The molecule has 0 aliphatic carbocycles. The highest BCUT2D eigenvalue weighted by atomic mass is 19.1. The van der Waals surface area contributed by atoms with Gasteiger partial charge in [0.25, 0.3) is 0 Å². The number of esters is 1. The van der Waals surface area contributed by atoms with Gasteiger partial charge in [0.15, 0.2) is 0 Å². The van der Waals surface area contributed by atoms with Crippen molar-refractivity contribution in [1.82, 2.24) is 0 Å². The zero-order valence-electron chi connectivity index (χ0n) is 14.9. The van der Waals surface area contributed by atoms with E-state index in [1.807, 2.05) is 0 Å². The van der Waals surface area contributed by atoms with Crippen LogP contribution in [0.3, 0.4) is 0 Å². The quantitative estimate of drug-likeness (QED) is 0.244. The number of methoxy groups -OCH3 is 1. The van der Waals surface area contributed by atoms with Gasteiger partial charge in [-0.2, -0.15) is 0 Å². The van der Waals surface area contributed by atoms with E-state index >= 15 is 0 Å². The molecule has 0 saturated carbocycles. The average Bonchev–Trinajstić information content (AvgIpc) is 2.52. The number of ether oxygens (including phenoxy) is 1. The van der Waals surface area contributed by atoms with Gasteiger partial charge in [-0.3, -0.25) is 4.79 Å². The van der Waals surface area contributed by atoms with Crippen LogP contribution in [0.1, 0.15) is 103 Å². The number of alkyl halides is 1. The van der Waals surface area contributed by atoms with Crippen LogP contribution in [-0.2, 0) is 9.53 Å². The molecule has 0 rings (SSSR count). The first-order valence-corrected chi connectivity index (χ1v) is 9.41. The second-order valence-corrected chi connectivity index (χ2v) is 6.39. The van der Waals surface area contributed by atoms with Crippen molar-refractivity contribution in [3.05, 3.63) is 0 Å². The fourth-order valence-electron chi connectivity index (χ4n) is 2.73. The maximum atomic E-state index is 13.7. The van der Waals surface area contributed by atoms with Crippen LogP contribution in [0.4, 0.5) is 4.39 Å². The van der Waals surface area contributed by atoms with E-state index in [0.717, 1.165) is 57.8 Å². The normalized spacial score (nSPS) is 12.3. The Balaban J connectivity index is 3.18. The molecule has 0 aromatic carbocycles. The molecule has 0 saturated heterocycles. The summed E-state index contributed by atoms with van der Waals surface area (Å²) in [4.78, 5) is 10.9. The Morgan fingerprint density at radius 3 is 1.77 bits per heavy atom. The van der Waals surface area contributed by atoms with Crippen LogP contribution in [0.2, 0.25) is 0 Å². The van der Waals surface area contributed by atoms with Crippen LogP contribution in [0.5, 0.6) is 0 Å². The van der Waals surface area contributed by atoms with Crippen LogP contribution in [0, 0.1) is 0 Å². The first-order valence-electron chi connectivity index (χ1n) is 9.41. The van der Waals surface area contributed by atoms with Crippen molar-refractivity contribution in [1.29, 1.82) is 0 Å². The number of carbonyl (C=O) groups is 1. The Hall–Kier alpha value is -0.600. The van der Waals surface area contributed by atoms with Crippen LogP contribution in [-0.4, -0.2) is 19.3 Å². The Bertz CT molecular complexity index is 244. The average molecular weight is 317 g/mol. The highest BCUT2D eigenvalue weighted by Gasteiger charge is 2.05. The zero-order valence-corrected chi connectivity index (χ0v) is 14.9. The maximum absolute atomic E-state index is 13.7. The van der Waals surface area contributed by atoms with Crippen LogP contribution < -0.4 is 0 Å². The van der Waals surface area contributed by atoms with Crippen molar-refractivity contribution in [2.24, 2.45) is 0 Å². The van der Waals surface area contributed by atoms with Gasteiger partial charge in [0.1, 0.15) is 6.17 Å². The first-order chi connectivity index (χ1) is 10.7. The smallest absolute Gasteiger partial charge is 0.305 e. The van der Waals surface area contributed by atoms with E-state index in [1.54, 1.807) is 0 Å². The lowest BCUT2D eigenvalue weighted by Crippen LogP contribution is -2.00. The molecular formula is C19H37FO2. The number of carbonyl (C=O) groups excluding carboxylic acids is 1. The topological polar surface area (TPSA) is 26.3 Å². The number of hydrogen-bond donors (Lipinski definition) is 0. The van der Waals surface area contributed by atoms with Gasteiger partial charge >= 0.3 is 5.97 Å². The minimum absolute atomic E-state index is 0.116. The van der Waals surface area contributed by atoms with Crippen molar-refractivity contribution >= 4 is 5.97 Å². The number of halogens is 1. The monoisotopic (exact) mass is 316 g/mol. The molecule has 3 heteroatoms. The second-order valence-electron chi connectivity index (χ2n) is 6.39. The summed E-state index contributed by atoms with van der Waals surface area (Å²) in [5.74, 6) is -0.116. The largest absolute Gasteiger partial charge is 0.469 e. The molecule has 0 bridgehead atoms. The van der Waals surface area contributed by atoms with Crippen LogP contribution in [0.15, 0.2) is 0 Å². The molecule has 0 heterocycles. The van der Waals surface area contributed by atoms with Crippen molar-refractivity contribution in [2.75, 3.05) is 7.11 Å². The van der Waals surface area contributed by atoms with Gasteiger partial charge in [0.2, 0.25) is 0 Å². The van der Waals surface area contributed by atoms with E-state index in [4.69, 9.17) is 0 Å². The third-order valence-electron chi connectivity index (χ3n) is 4.25. The van der Waals surface area contributed by atoms with Gasteiger partial charge in [-0.05, 0) is 19.3 Å². The van der Waals surface area contributed by atoms with Crippen molar-refractivity contribution in [3.63, 3.8) is 0 Å². The van der Waals surface area contributed by atoms with Gasteiger partial charge in [-0.1, -0.05) is 77.6 Å². The molecule has 132 valence electrons. The molecule has 0 aliphatic heterocycles. The summed E-state index contributed by atoms with van der Waals surface area (Å²) in [6.45, 7) is 2.22. The lowest BCUT2D eigenvalue weighted by molar-refractivity contribution is -0.140. The van der Waals surface area contributed by atoms with Gasteiger partial charge in [0.05, 0.1) is 7.11 Å². The third kappa shape index (κ3) is 15.8. The SMILES string of the molecule is CCCCCCCCC(F)CCCCCCCCC(=O)OC. The molecule has 2 nitrogen and oxygen atoms in total. The summed E-state index contributed by atoms with van der Waals surface area (Å²) in [7, 11) is 1.43. The molecule has 0 spiro atoms. The van der Waals surface area contributed by atoms with Crippen LogP contribution in [0.25, 0.3) is 0 Å². The molecule has 1 atom stereocenters. The molecule has 0 N–H and O–H groups in total. The number of rotatable bonds is 16. The summed E-state index contributed by atoms with van der Waals surface area (Å²) in [5.41, 5.74) is 0. The Morgan fingerprint density at radius 2 is 1.27 bits per heavy atom. The molecule has 0 aliphatic rings. The van der Waals surface area contributed by atoms with E-state index in [2.05, 4.69) is 11.7 Å². The summed E-state index contributed by atoms with van der Waals surface area (Å²) in [6, 6.07) is 0. The van der Waals surface area contributed by atoms with Gasteiger partial charge < -0.3 is 4.74 Å². The minimum atomic E-state index is -0.592. The standard InChI is InChI=1S/C19H37FO2/c1-3-4-5-6-9-12-15-18(20)16-13-10-7-8-11-14-17-19(21)22-2/h18H,3-17H2,1-2H3. The van der Waals surface area contributed by atoms with Crippen molar-refractivity contribution in [2.45, 2.75) is 109 Å². The predicted molar refractivity (Wildman–Crippen MR) is 91.8 cm³/mol. The first kappa shape index (κ1) is 21.4. The molecule has 22 heavy (non-hydrogen) atoms. The van der Waals surface area contributed by atoms with E-state index in [1.165, 1.54) is 39.2 Å². The second kappa shape index (κ2) is 16.8. The van der Waals surface area contributed by atoms with Gasteiger partial charge in [0, 0.05) is 6.42 Å². The zero-order chi connectivity index (χ0) is 16.5. The third-order valence-corrected chi connectivity index (χ3v) is 4.25. The molecular weight excluding hydrogens is 279 g/mol. The Morgan fingerprint density at radius 1 is 0.818 bits per heavy atom. The maximum Gasteiger partial charge on any atom is 0.305 e. The molecule has 0 radical (unpaired) electrons. The van der Waals surface area contributed by atoms with Crippen LogP contribution >= 0.6 is 0 Å². The fraction of sp³-hybridized carbons (Fsp3) is 0.947. The van der Waals surface area contributed by atoms with E-state index in [0.29, 0.717) is 6.42 Å². The molecule has 0 fully saturated rings. The van der Waals surface area contributed by atoms with E-state index < -0.39 is 6.17 Å². The van der Waals surface area contributed by atoms with E-state index in [9.17, 15) is 9.18 Å². The highest BCUT2D eigenvalue weighted by Crippen LogP contribution is 2.16. The lowest BCUT2D eigenvalue weighted by Gasteiger charge is -2.08. The predicted octanol–water partition coefficient (Wildman–Crippen LogP) is 6.37. The van der Waals surface area contributed by atoms with E-state index in [-0.39, 0.29) is 5.97 Å². The summed E-state index contributed by atoms with van der Waals surface area (Å²) < 4.78 is 18.3. The summed E-state index contributed by atoms with van der Waals surface area (Å²) in [6.07, 6.45) is 15.3. The number of unbranched alkanes of at least 4 members (excludes halogenated alkanes) is 10. The fourth-order valence-corrected chi connectivity index (χ4v) is 2.73. The minimum Gasteiger partial charge on any atom is -0.469 e. The molecule has 1 unspecified atom stereocenters. The number of hydrogen-bond acceptors (Lipinski definition) is 2.